The number of alkyl halides is 3. The van der Waals surface area contributed by atoms with Crippen molar-refractivity contribution in [2.45, 2.75) is 24.8 Å². The van der Waals surface area contributed by atoms with Crippen molar-refractivity contribution >= 4 is 10.1 Å². The van der Waals surface area contributed by atoms with Crippen molar-refractivity contribution in [3.63, 3.8) is 0 Å². The Bertz CT molecular complexity index is 774. The number of hydrogen-bond acceptors (Lipinski definition) is 4. The fraction of sp³-hybridized carbons (Fsp3) is 0.250. The van der Waals surface area contributed by atoms with Crippen LogP contribution in [0.5, 0.6) is 0 Å². The molecule has 0 saturated heterocycles. The van der Waals surface area contributed by atoms with E-state index >= 15 is 0 Å². The highest BCUT2D eigenvalue weighted by Crippen LogP contribution is 2.27. The van der Waals surface area contributed by atoms with Gasteiger partial charge in [-0.2, -0.15) is 21.6 Å². The van der Waals surface area contributed by atoms with Crippen LogP contribution in [0.2, 0.25) is 0 Å². The van der Waals surface area contributed by atoms with Gasteiger partial charge in [0.15, 0.2) is 6.29 Å². The first-order valence-electron chi connectivity index (χ1n) is 7.07. The van der Waals surface area contributed by atoms with E-state index in [4.69, 9.17) is 4.74 Å². The zero-order valence-corrected chi connectivity index (χ0v) is 13.6. The number of rotatable bonds is 7. The van der Waals surface area contributed by atoms with Gasteiger partial charge < -0.3 is 4.74 Å². The highest BCUT2D eigenvalue weighted by atomic mass is 32.2. The third-order valence-corrected chi connectivity index (χ3v) is 4.15. The SMILES string of the molecule is O=S(=O)(O[C@H](Cc1ccc(F)cc1)OCc1ccccc1)C(F)(F)F. The molecule has 0 amide bonds. The van der Waals surface area contributed by atoms with Crippen molar-refractivity contribution in [3.05, 3.63) is 71.5 Å². The Balaban J connectivity index is 2.14. The third kappa shape index (κ3) is 5.80. The summed E-state index contributed by atoms with van der Waals surface area (Å²) in [5.41, 5.74) is -4.58. The Morgan fingerprint density at radius 1 is 0.920 bits per heavy atom. The second-order valence-electron chi connectivity index (χ2n) is 5.05. The zero-order chi connectivity index (χ0) is 18.5. The molecule has 2 aromatic carbocycles. The van der Waals surface area contributed by atoms with Crippen LogP contribution in [-0.2, 0) is 32.1 Å². The molecule has 4 nitrogen and oxygen atoms in total. The van der Waals surface area contributed by atoms with E-state index < -0.39 is 27.7 Å². The lowest BCUT2D eigenvalue weighted by Gasteiger charge is -2.19. The molecule has 0 aliphatic heterocycles. The largest absolute Gasteiger partial charge is 0.523 e. The average molecular weight is 378 g/mol. The molecule has 0 bridgehead atoms. The van der Waals surface area contributed by atoms with Crippen LogP contribution in [-0.4, -0.2) is 20.2 Å². The van der Waals surface area contributed by atoms with Gasteiger partial charge in [0.25, 0.3) is 0 Å². The van der Waals surface area contributed by atoms with Crippen molar-refractivity contribution in [2.75, 3.05) is 0 Å². The van der Waals surface area contributed by atoms with E-state index in [-0.39, 0.29) is 13.0 Å². The molecule has 2 aromatic rings. The molecule has 2 rings (SSSR count). The summed E-state index contributed by atoms with van der Waals surface area (Å²) in [6.45, 7) is -0.153. The number of benzene rings is 2. The van der Waals surface area contributed by atoms with Crippen LogP contribution < -0.4 is 0 Å². The lowest BCUT2D eigenvalue weighted by molar-refractivity contribution is -0.109. The summed E-state index contributed by atoms with van der Waals surface area (Å²) in [7, 11) is -5.83. The fourth-order valence-electron chi connectivity index (χ4n) is 1.89. The van der Waals surface area contributed by atoms with Crippen LogP contribution in [0.1, 0.15) is 11.1 Å². The Morgan fingerprint density at radius 2 is 1.52 bits per heavy atom. The predicted molar refractivity (Wildman–Crippen MR) is 81.2 cm³/mol. The highest BCUT2D eigenvalue weighted by Gasteiger charge is 2.48. The number of halogens is 4. The van der Waals surface area contributed by atoms with E-state index in [1.54, 1.807) is 30.3 Å². The predicted octanol–water partition coefficient (Wildman–Crippen LogP) is 3.78. The van der Waals surface area contributed by atoms with Gasteiger partial charge in [-0.25, -0.2) is 8.57 Å². The average Bonchev–Trinajstić information content (AvgIpc) is 2.54. The van der Waals surface area contributed by atoms with Gasteiger partial charge in [-0.1, -0.05) is 42.5 Å². The Labute approximate surface area is 142 Å². The van der Waals surface area contributed by atoms with Gasteiger partial charge in [-0.15, -0.1) is 0 Å². The third-order valence-electron chi connectivity index (χ3n) is 3.11. The lowest BCUT2D eigenvalue weighted by atomic mass is 10.1. The summed E-state index contributed by atoms with van der Waals surface area (Å²) in [5.74, 6) is -0.533. The Hall–Kier alpha value is -1.97. The van der Waals surface area contributed by atoms with E-state index in [0.29, 0.717) is 11.1 Å². The molecule has 0 aromatic heterocycles. The van der Waals surface area contributed by atoms with Gasteiger partial charge in [0.1, 0.15) is 5.82 Å². The van der Waals surface area contributed by atoms with Gasteiger partial charge in [0.2, 0.25) is 0 Å². The molecule has 0 saturated carbocycles. The minimum absolute atomic E-state index is 0.153. The smallest absolute Gasteiger partial charge is 0.346 e. The maximum atomic E-state index is 12.9. The van der Waals surface area contributed by atoms with Crippen LogP contribution in [0.25, 0.3) is 0 Å². The van der Waals surface area contributed by atoms with Crippen LogP contribution >= 0.6 is 0 Å². The topological polar surface area (TPSA) is 52.6 Å². The normalized spacial score (nSPS) is 13.6. The van der Waals surface area contributed by atoms with Gasteiger partial charge >= 0.3 is 15.6 Å². The summed E-state index contributed by atoms with van der Waals surface area (Å²) in [4.78, 5) is 0. The molecule has 0 radical (unpaired) electrons. The Kier molecular flexibility index (Phi) is 6.15. The van der Waals surface area contributed by atoms with E-state index in [9.17, 15) is 26.0 Å². The van der Waals surface area contributed by atoms with Crippen molar-refractivity contribution < 1.29 is 34.9 Å². The van der Waals surface area contributed by atoms with Gasteiger partial charge in [0.05, 0.1) is 6.61 Å². The van der Waals surface area contributed by atoms with Crippen LogP contribution in [0.15, 0.2) is 54.6 Å². The fourth-order valence-corrected chi connectivity index (χ4v) is 2.41. The maximum Gasteiger partial charge on any atom is 0.523 e. The maximum absolute atomic E-state index is 12.9. The summed E-state index contributed by atoms with van der Waals surface area (Å²) in [5, 5.41) is 0. The molecule has 0 unspecified atom stereocenters. The molecular formula is C16H14F4O4S. The number of hydrogen-bond donors (Lipinski definition) is 0. The molecule has 0 heterocycles. The van der Waals surface area contributed by atoms with Crippen LogP contribution in [0.3, 0.4) is 0 Å². The molecule has 0 aliphatic rings. The second kappa shape index (κ2) is 7.94. The van der Waals surface area contributed by atoms with E-state index in [1.807, 2.05) is 0 Å². The molecule has 1 atom stereocenters. The Morgan fingerprint density at radius 3 is 2.08 bits per heavy atom. The second-order valence-corrected chi connectivity index (χ2v) is 6.62. The van der Waals surface area contributed by atoms with Crippen molar-refractivity contribution in [1.82, 2.24) is 0 Å². The molecule has 0 spiro atoms. The van der Waals surface area contributed by atoms with Crippen molar-refractivity contribution in [1.29, 1.82) is 0 Å². The molecule has 9 heteroatoms. The number of ether oxygens (including phenoxy) is 1. The molecule has 0 aliphatic carbocycles. The van der Waals surface area contributed by atoms with Crippen molar-refractivity contribution in [3.8, 4) is 0 Å². The first-order valence-corrected chi connectivity index (χ1v) is 8.48. The minimum atomic E-state index is -5.83. The lowest BCUT2D eigenvalue weighted by Crippen LogP contribution is -2.32. The van der Waals surface area contributed by atoms with Crippen LogP contribution in [0, 0.1) is 5.82 Å². The first kappa shape index (κ1) is 19.4. The standard InChI is InChI=1S/C16H14F4O4S/c17-14-8-6-12(7-9-14)10-15(24-25(21,22)16(18,19)20)23-11-13-4-2-1-3-5-13/h1-9,15H,10-11H2/t15-/m1/s1. The van der Waals surface area contributed by atoms with E-state index in [1.165, 1.54) is 12.1 Å². The molecule has 136 valence electrons. The van der Waals surface area contributed by atoms with Gasteiger partial charge in [-0.05, 0) is 23.3 Å². The first-order chi connectivity index (χ1) is 11.7. The molecule has 0 fully saturated rings. The summed E-state index contributed by atoms with van der Waals surface area (Å²) < 4.78 is 82.4. The summed E-state index contributed by atoms with van der Waals surface area (Å²) >= 11 is 0. The van der Waals surface area contributed by atoms with E-state index in [0.717, 1.165) is 12.1 Å². The van der Waals surface area contributed by atoms with Crippen LogP contribution in [0.4, 0.5) is 17.6 Å². The highest BCUT2D eigenvalue weighted by molar-refractivity contribution is 7.87. The molecular weight excluding hydrogens is 364 g/mol. The molecule has 25 heavy (non-hydrogen) atoms. The van der Waals surface area contributed by atoms with Crippen molar-refractivity contribution in [2.24, 2.45) is 0 Å². The molecule has 0 N–H and O–H groups in total. The van der Waals surface area contributed by atoms with Gasteiger partial charge in [0, 0.05) is 6.42 Å². The monoisotopic (exact) mass is 378 g/mol. The minimum Gasteiger partial charge on any atom is -0.346 e. The summed E-state index contributed by atoms with van der Waals surface area (Å²) in [6.07, 6.45) is -2.01. The zero-order valence-electron chi connectivity index (χ0n) is 12.7. The van der Waals surface area contributed by atoms with Gasteiger partial charge in [-0.3, -0.25) is 0 Å². The summed E-state index contributed by atoms with van der Waals surface area (Å²) in [6, 6.07) is 13.3. The van der Waals surface area contributed by atoms with E-state index in [2.05, 4.69) is 4.18 Å². The quantitative estimate of drug-likeness (QED) is 0.319.